The Labute approximate surface area is 60.8 Å². The highest BCUT2D eigenvalue weighted by molar-refractivity contribution is 5.18. The molecule has 0 atom stereocenters. The van der Waals surface area contributed by atoms with Crippen LogP contribution in [0.3, 0.4) is 0 Å². The van der Waals surface area contributed by atoms with E-state index in [1.165, 1.54) is 0 Å². The molecule has 0 aliphatic heterocycles. The molecule has 0 saturated heterocycles. The summed E-state index contributed by atoms with van der Waals surface area (Å²) in [6, 6.07) is 8.71. The molecule has 0 saturated carbocycles. The topological polar surface area (TPSA) is 40.5 Å². The summed E-state index contributed by atoms with van der Waals surface area (Å²) >= 11 is 0. The quantitative estimate of drug-likeness (QED) is 0.571. The maximum absolute atomic E-state index is 8.63. The van der Waals surface area contributed by atoms with Crippen molar-refractivity contribution in [2.75, 3.05) is 6.61 Å². The van der Waals surface area contributed by atoms with Crippen LogP contribution in [0.4, 0.5) is 0 Å². The highest BCUT2D eigenvalue weighted by atomic mass is 16.3. The van der Waals surface area contributed by atoms with Crippen LogP contribution >= 0.6 is 0 Å². The highest BCUT2D eigenvalue weighted by Crippen LogP contribution is 2.02. The number of phenols is 1. The van der Waals surface area contributed by atoms with Gasteiger partial charge in [0.05, 0.1) is 0 Å². The first-order chi connectivity index (χ1) is 4.81. The van der Waals surface area contributed by atoms with Gasteiger partial charge < -0.3 is 10.2 Å². The lowest BCUT2D eigenvalue weighted by Gasteiger charge is -1.82. The zero-order chi connectivity index (χ0) is 7.82. The molecule has 1 aromatic rings. The van der Waals surface area contributed by atoms with E-state index < -0.39 is 0 Å². The fraction of sp³-hybridized carbons (Fsp3) is 0.250. The van der Waals surface area contributed by atoms with Crippen molar-refractivity contribution in [2.24, 2.45) is 0 Å². The summed E-state index contributed by atoms with van der Waals surface area (Å²) in [6.07, 6.45) is 0. The van der Waals surface area contributed by atoms with E-state index in [-0.39, 0.29) is 6.61 Å². The Kier molecular flexibility index (Phi) is 5.48. The molecule has 0 aliphatic carbocycles. The van der Waals surface area contributed by atoms with Crippen LogP contribution in [0.15, 0.2) is 30.3 Å². The number of aliphatic hydroxyl groups excluding tert-OH is 1. The largest absolute Gasteiger partial charge is 0.508 e. The second kappa shape index (κ2) is 6.11. The molecule has 0 fully saturated rings. The Morgan fingerprint density at radius 3 is 1.80 bits per heavy atom. The lowest BCUT2D eigenvalue weighted by molar-refractivity contribution is 0.318. The number of benzene rings is 1. The number of rotatable bonds is 0. The van der Waals surface area contributed by atoms with Crippen molar-refractivity contribution >= 4 is 0 Å². The van der Waals surface area contributed by atoms with E-state index in [0.717, 1.165) is 0 Å². The fourth-order valence-corrected chi connectivity index (χ4v) is 0.428. The summed E-state index contributed by atoms with van der Waals surface area (Å²) in [5, 5.41) is 16.2. The number of hydrogen-bond donors (Lipinski definition) is 2. The van der Waals surface area contributed by atoms with Crippen molar-refractivity contribution in [2.45, 2.75) is 6.92 Å². The van der Waals surface area contributed by atoms with Crippen molar-refractivity contribution in [1.29, 1.82) is 0 Å². The second-order valence-electron chi connectivity index (χ2n) is 1.65. The van der Waals surface area contributed by atoms with Gasteiger partial charge >= 0.3 is 0 Å². The Morgan fingerprint density at radius 2 is 1.60 bits per heavy atom. The monoisotopic (exact) mass is 140 g/mol. The van der Waals surface area contributed by atoms with Gasteiger partial charge in [-0.05, 0) is 19.1 Å². The molecule has 0 aromatic heterocycles. The van der Waals surface area contributed by atoms with Crippen LogP contribution in [0.5, 0.6) is 5.75 Å². The van der Waals surface area contributed by atoms with E-state index in [4.69, 9.17) is 10.2 Å². The lowest BCUT2D eigenvalue weighted by Crippen LogP contribution is -1.57. The molecule has 0 spiro atoms. The van der Waals surface area contributed by atoms with Gasteiger partial charge in [-0.1, -0.05) is 18.2 Å². The Bertz CT molecular complexity index is 149. The number of aliphatic hydroxyl groups is 1. The maximum Gasteiger partial charge on any atom is 0.115 e. The molecule has 56 valence electrons. The standard InChI is InChI=1S/C6H6O.C2H6O/c7-6-4-2-1-3-5-6;1-2-3/h1-5,7H;3H,2H2,1H3. The first kappa shape index (κ1) is 8.98. The normalized spacial score (nSPS) is 7.80. The van der Waals surface area contributed by atoms with Gasteiger partial charge in [-0.25, -0.2) is 0 Å². The van der Waals surface area contributed by atoms with E-state index in [9.17, 15) is 0 Å². The highest BCUT2D eigenvalue weighted by Gasteiger charge is 1.74. The van der Waals surface area contributed by atoms with Crippen molar-refractivity contribution in [3.05, 3.63) is 30.3 Å². The molecule has 0 bridgehead atoms. The Hall–Kier alpha value is -1.02. The van der Waals surface area contributed by atoms with Crippen molar-refractivity contribution in [3.63, 3.8) is 0 Å². The van der Waals surface area contributed by atoms with Crippen LogP contribution in [0, 0.1) is 0 Å². The predicted molar refractivity (Wildman–Crippen MR) is 40.9 cm³/mol. The fourth-order valence-electron chi connectivity index (χ4n) is 0.428. The van der Waals surface area contributed by atoms with E-state index in [2.05, 4.69) is 0 Å². The van der Waals surface area contributed by atoms with Gasteiger partial charge in [0, 0.05) is 6.61 Å². The van der Waals surface area contributed by atoms with Crippen LogP contribution in [0.25, 0.3) is 0 Å². The second-order valence-corrected chi connectivity index (χ2v) is 1.65. The van der Waals surface area contributed by atoms with Crippen LogP contribution < -0.4 is 0 Å². The molecule has 2 N–H and O–H groups in total. The summed E-state index contributed by atoms with van der Waals surface area (Å²) in [6.45, 7) is 1.93. The van der Waals surface area contributed by atoms with Crippen LogP contribution in [0.2, 0.25) is 0 Å². The number of aromatic hydroxyl groups is 1. The van der Waals surface area contributed by atoms with Gasteiger partial charge in [-0.2, -0.15) is 0 Å². The number of phenolic OH excluding ortho intramolecular Hbond substituents is 1. The molecule has 10 heavy (non-hydrogen) atoms. The third-order valence-corrected chi connectivity index (χ3v) is 0.756. The average molecular weight is 140 g/mol. The summed E-state index contributed by atoms with van der Waals surface area (Å²) in [4.78, 5) is 0. The first-order valence-electron chi connectivity index (χ1n) is 3.16. The summed E-state index contributed by atoms with van der Waals surface area (Å²) < 4.78 is 0. The molecular formula is C8H12O2. The SMILES string of the molecule is CCO.Oc1ccccc1. The lowest BCUT2D eigenvalue weighted by atomic mass is 10.3. The van der Waals surface area contributed by atoms with Crippen LogP contribution in [0.1, 0.15) is 6.92 Å². The average Bonchev–Trinajstić information content (AvgIpc) is 1.91. The van der Waals surface area contributed by atoms with Crippen LogP contribution in [-0.4, -0.2) is 16.8 Å². The summed E-state index contributed by atoms with van der Waals surface area (Å²) in [7, 11) is 0. The summed E-state index contributed by atoms with van der Waals surface area (Å²) in [5.41, 5.74) is 0. The van der Waals surface area contributed by atoms with Crippen molar-refractivity contribution in [3.8, 4) is 5.75 Å². The van der Waals surface area contributed by atoms with E-state index in [0.29, 0.717) is 5.75 Å². The molecule has 0 amide bonds. The van der Waals surface area contributed by atoms with Gasteiger partial charge in [-0.15, -0.1) is 0 Å². The molecule has 1 rings (SSSR count). The van der Waals surface area contributed by atoms with Gasteiger partial charge in [-0.3, -0.25) is 0 Å². The molecule has 2 nitrogen and oxygen atoms in total. The molecule has 2 heteroatoms. The van der Waals surface area contributed by atoms with E-state index >= 15 is 0 Å². The molecule has 0 aliphatic rings. The molecule has 1 aromatic carbocycles. The minimum atomic E-state index is 0.250. The zero-order valence-corrected chi connectivity index (χ0v) is 5.99. The Morgan fingerprint density at radius 1 is 1.20 bits per heavy atom. The van der Waals surface area contributed by atoms with Crippen molar-refractivity contribution in [1.82, 2.24) is 0 Å². The first-order valence-corrected chi connectivity index (χ1v) is 3.16. The maximum atomic E-state index is 8.63. The van der Waals surface area contributed by atoms with Gasteiger partial charge in [0.2, 0.25) is 0 Å². The third-order valence-electron chi connectivity index (χ3n) is 0.756. The zero-order valence-electron chi connectivity index (χ0n) is 5.99. The molecular weight excluding hydrogens is 128 g/mol. The van der Waals surface area contributed by atoms with Crippen molar-refractivity contribution < 1.29 is 10.2 Å². The molecule has 0 radical (unpaired) electrons. The summed E-state index contributed by atoms with van der Waals surface area (Å²) in [5.74, 6) is 0.322. The molecule has 0 unspecified atom stereocenters. The van der Waals surface area contributed by atoms with E-state index in [1.807, 2.05) is 6.07 Å². The Balaban J connectivity index is 0.000000236. The predicted octanol–water partition coefficient (Wildman–Crippen LogP) is 1.39. The van der Waals surface area contributed by atoms with Gasteiger partial charge in [0.1, 0.15) is 5.75 Å². The van der Waals surface area contributed by atoms with Gasteiger partial charge in [0.15, 0.2) is 0 Å². The number of para-hydroxylation sites is 1. The van der Waals surface area contributed by atoms with E-state index in [1.54, 1.807) is 31.2 Å². The molecule has 0 heterocycles. The minimum Gasteiger partial charge on any atom is -0.508 e. The van der Waals surface area contributed by atoms with Gasteiger partial charge in [0.25, 0.3) is 0 Å². The third kappa shape index (κ3) is 5.12. The smallest absolute Gasteiger partial charge is 0.115 e. The van der Waals surface area contributed by atoms with Crippen LogP contribution in [-0.2, 0) is 0 Å². The number of hydrogen-bond acceptors (Lipinski definition) is 2. The minimum absolute atomic E-state index is 0.250.